The summed E-state index contributed by atoms with van der Waals surface area (Å²) in [6.45, 7) is 4.09. The van der Waals surface area contributed by atoms with Crippen molar-refractivity contribution in [2.75, 3.05) is 11.4 Å². The number of nitrogens with zero attached hydrogens (tertiary/aromatic N) is 5. The first kappa shape index (κ1) is 21.0. The standard InChI is InChI=1S/C17H15N5O.H2O4S/c1-3-21(12(2)23)15-6-4-5-13(9-15)16-7-8-19-17-14(10-18)11-20-22(16)17;1-5(2,3)4/h4-9,11H,3H2,1-2H3;(H2,1,2,3,4)/p-2. The minimum absolute atomic E-state index is 0.00428. The summed E-state index contributed by atoms with van der Waals surface area (Å²) in [6, 6.07) is 11.6. The molecule has 0 aliphatic carbocycles. The number of anilines is 1. The summed E-state index contributed by atoms with van der Waals surface area (Å²) in [5, 5.41) is 13.4. The third-order valence-corrected chi connectivity index (χ3v) is 3.67. The van der Waals surface area contributed by atoms with Gasteiger partial charge in [-0.15, -0.1) is 0 Å². The van der Waals surface area contributed by atoms with E-state index in [4.69, 9.17) is 22.8 Å². The molecule has 0 radical (unpaired) electrons. The predicted octanol–water partition coefficient (Wildman–Crippen LogP) is 1.30. The third-order valence-electron chi connectivity index (χ3n) is 3.67. The lowest BCUT2D eigenvalue weighted by Gasteiger charge is -2.19. The van der Waals surface area contributed by atoms with E-state index in [0.29, 0.717) is 17.8 Å². The molecule has 0 fully saturated rings. The quantitative estimate of drug-likeness (QED) is 0.470. The van der Waals surface area contributed by atoms with E-state index in [-0.39, 0.29) is 5.91 Å². The van der Waals surface area contributed by atoms with Gasteiger partial charge < -0.3 is 14.0 Å². The van der Waals surface area contributed by atoms with Crippen molar-refractivity contribution in [2.24, 2.45) is 0 Å². The van der Waals surface area contributed by atoms with Crippen LogP contribution in [0.15, 0.2) is 42.7 Å². The van der Waals surface area contributed by atoms with Crippen LogP contribution in [-0.2, 0) is 15.2 Å². The molecule has 1 amide bonds. The average molecular weight is 401 g/mol. The Labute approximate surface area is 161 Å². The summed E-state index contributed by atoms with van der Waals surface area (Å²) < 4.78 is 35.7. The number of nitriles is 1. The van der Waals surface area contributed by atoms with Gasteiger partial charge >= 0.3 is 0 Å². The van der Waals surface area contributed by atoms with Crippen LogP contribution in [0.4, 0.5) is 5.69 Å². The molecule has 0 aliphatic rings. The van der Waals surface area contributed by atoms with E-state index in [1.165, 1.54) is 6.20 Å². The highest BCUT2D eigenvalue weighted by atomic mass is 32.3. The summed E-state index contributed by atoms with van der Waals surface area (Å²) in [4.78, 5) is 17.7. The number of amides is 1. The number of benzene rings is 1. The maximum absolute atomic E-state index is 11.7. The SMILES string of the molecule is CCN(C(C)=O)c1cccc(-c2ccnc3c(C#N)cnn23)c1.O=S(=O)([O-])[O-]. The molecule has 28 heavy (non-hydrogen) atoms. The van der Waals surface area contributed by atoms with Crippen molar-refractivity contribution in [3.63, 3.8) is 0 Å². The fourth-order valence-corrected chi connectivity index (χ4v) is 2.61. The van der Waals surface area contributed by atoms with Crippen molar-refractivity contribution in [2.45, 2.75) is 13.8 Å². The van der Waals surface area contributed by atoms with Crippen LogP contribution in [0, 0.1) is 11.3 Å². The van der Waals surface area contributed by atoms with Gasteiger partial charge in [0.15, 0.2) is 5.65 Å². The Balaban J connectivity index is 0.000000500. The lowest BCUT2D eigenvalue weighted by Crippen LogP contribution is -2.27. The Morgan fingerprint density at radius 3 is 2.57 bits per heavy atom. The van der Waals surface area contributed by atoms with Gasteiger partial charge in [-0.1, -0.05) is 12.1 Å². The normalized spacial score (nSPS) is 10.7. The molecule has 10 nitrogen and oxygen atoms in total. The maximum atomic E-state index is 11.7. The summed E-state index contributed by atoms with van der Waals surface area (Å²) in [6.07, 6.45) is 3.16. The van der Waals surface area contributed by atoms with Crippen LogP contribution in [0.25, 0.3) is 16.9 Å². The molecular formula is C17H15N5O5S-2. The Morgan fingerprint density at radius 2 is 2.00 bits per heavy atom. The molecule has 2 aromatic heterocycles. The zero-order valence-corrected chi connectivity index (χ0v) is 15.8. The third kappa shape index (κ3) is 5.10. The van der Waals surface area contributed by atoms with Crippen molar-refractivity contribution in [3.8, 4) is 17.3 Å². The number of carbonyl (C=O) groups excluding carboxylic acids is 1. The van der Waals surface area contributed by atoms with Crippen LogP contribution in [0.1, 0.15) is 19.4 Å². The van der Waals surface area contributed by atoms with Crippen LogP contribution in [0.3, 0.4) is 0 Å². The summed E-state index contributed by atoms with van der Waals surface area (Å²) in [5.41, 5.74) is 3.51. The monoisotopic (exact) mass is 401 g/mol. The Hall–Kier alpha value is -3.33. The van der Waals surface area contributed by atoms with Crippen molar-refractivity contribution < 1.29 is 22.3 Å². The first-order valence-electron chi connectivity index (χ1n) is 7.93. The molecule has 0 aliphatic heterocycles. The molecule has 146 valence electrons. The molecular weight excluding hydrogens is 386 g/mol. The van der Waals surface area contributed by atoms with Crippen LogP contribution in [0.2, 0.25) is 0 Å². The van der Waals surface area contributed by atoms with Gasteiger partial charge in [-0.25, -0.2) is 9.50 Å². The first-order chi connectivity index (χ1) is 13.2. The number of rotatable bonds is 3. The van der Waals surface area contributed by atoms with Crippen LogP contribution < -0.4 is 4.90 Å². The number of aromatic nitrogens is 3. The average Bonchev–Trinajstić information content (AvgIpc) is 3.04. The van der Waals surface area contributed by atoms with Gasteiger partial charge in [-0.05, 0) is 25.1 Å². The van der Waals surface area contributed by atoms with Crippen molar-refractivity contribution in [1.29, 1.82) is 5.26 Å². The molecule has 1 aromatic carbocycles. The second-order valence-corrected chi connectivity index (χ2v) is 6.27. The van der Waals surface area contributed by atoms with Crippen molar-refractivity contribution in [3.05, 3.63) is 48.3 Å². The van der Waals surface area contributed by atoms with Gasteiger partial charge in [0.25, 0.3) is 0 Å². The molecule has 3 aromatic rings. The van der Waals surface area contributed by atoms with Crippen molar-refractivity contribution in [1.82, 2.24) is 14.6 Å². The van der Waals surface area contributed by atoms with Crippen LogP contribution >= 0.6 is 0 Å². The predicted molar refractivity (Wildman–Crippen MR) is 97.3 cm³/mol. The van der Waals surface area contributed by atoms with E-state index in [2.05, 4.69) is 16.2 Å². The van der Waals surface area contributed by atoms with Gasteiger partial charge in [-0.2, -0.15) is 10.4 Å². The molecule has 11 heteroatoms. The minimum atomic E-state index is -5.17. The van der Waals surface area contributed by atoms with Gasteiger partial charge in [-0.3, -0.25) is 13.2 Å². The fraction of sp³-hybridized carbons (Fsp3) is 0.176. The van der Waals surface area contributed by atoms with E-state index in [1.54, 1.807) is 22.5 Å². The lowest BCUT2D eigenvalue weighted by molar-refractivity contribution is -0.116. The van der Waals surface area contributed by atoms with Gasteiger partial charge in [0.1, 0.15) is 11.6 Å². The Kier molecular flexibility index (Phi) is 6.42. The Bertz CT molecular complexity index is 1140. The largest absolute Gasteiger partial charge is 0.759 e. The molecule has 3 rings (SSSR count). The maximum Gasteiger partial charge on any atom is 0.223 e. The van der Waals surface area contributed by atoms with Gasteiger partial charge in [0, 0.05) is 41.3 Å². The topological polar surface area (TPSA) is 155 Å². The lowest BCUT2D eigenvalue weighted by atomic mass is 10.1. The van der Waals surface area contributed by atoms with Gasteiger partial charge in [0.2, 0.25) is 5.91 Å². The summed E-state index contributed by atoms with van der Waals surface area (Å²) in [5.74, 6) is -0.00428. The molecule has 2 heterocycles. The highest BCUT2D eigenvalue weighted by molar-refractivity contribution is 7.79. The number of fused-ring (bicyclic) bond motifs is 1. The minimum Gasteiger partial charge on any atom is -0.759 e. The molecule has 0 unspecified atom stereocenters. The molecule has 0 saturated carbocycles. The van der Waals surface area contributed by atoms with Crippen molar-refractivity contribution >= 4 is 27.6 Å². The second-order valence-electron chi connectivity index (χ2n) is 5.46. The number of hydrogen-bond acceptors (Lipinski definition) is 8. The highest BCUT2D eigenvalue weighted by Crippen LogP contribution is 2.25. The molecule has 0 spiro atoms. The fourth-order valence-electron chi connectivity index (χ4n) is 2.61. The number of carbonyl (C=O) groups is 1. The molecule has 0 N–H and O–H groups in total. The molecule has 0 atom stereocenters. The molecule has 0 bridgehead atoms. The zero-order chi connectivity index (χ0) is 20.9. The molecule has 0 saturated heterocycles. The van der Waals surface area contributed by atoms with E-state index in [0.717, 1.165) is 16.9 Å². The Morgan fingerprint density at radius 1 is 1.32 bits per heavy atom. The van der Waals surface area contributed by atoms with Crippen LogP contribution in [0.5, 0.6) is 0 Å². The van der Waals surface area contributed by atoms with E-state index in [9.17, 15) is 4.79 Å². The smallest absolute Gasteiger partial charge is 0.223 e. The first-order valence-corrected chi connectivity index (χ1v) is 9.27. The van der Waals surface area contributed by atoms with Gasteiger partial charge in [0.05, 0.1) is 11.9 Å². The highest BCUT2D eigenvalue weighted by Gasteiger charge is 2.13. The van der Waals surface area contributed by atoms with E-state index in [1.807, 2.05) is 37.3 Å². The summed E-state index contributed by atoms with van der Waals surface area (Å²) >= 11 is 0. The zero-order valence-electron chi connectivity index (χ0n) is 14.9. The van der Waals surface area contributed by atoms with E-state index >= 15 is 0 Å². The second kappa shape index (κ2) is 8.57. The van der Waals surface area contributed by atoms with Crippen LogP contribution in [-0.4, -0.2) is 44.6 Å². The summed E-state index contributed by atoms with van der Waals surface area (Å²) in [7, 11) is -5.17. The van der Waals surface area contributed by atoms with E-state index < -0.39 is 10.4 Å². The number of hydrogen-bond donors (Lipinski definition) is 0.